The van der Waals surface area contributed by atoms with Gasteiger partial charge < -0.3 is 4.74 Å². The molecule has 0 amide bonds. The minimum absolute atomic E-state index is 0.794. The number of aliphatic imine (C=N–C) groups is 1. The molecule has 18 heavy (non-hydrogen) atoms. The summed E-state index contributed by atoms with van der Waals surface area (Å²) in [4.78, 5) is 4.43. The molecule has 2 rings (SSSR count). The van der Waals surface area contributed by atoms with Crippen LogP contribution in [0, 0.1) is 0 Å². The summed E-state index contributed by atoms with van der Waals surface area (Å²) in [6.45, 7) is 0.794. The predicted molar refractivity (Wildman–Crippen MR) is 75.6 cm³/mol. The molecular formula is C16H17NO. The van der Waals surface area contributed by atoms with Crippen molar-refractivity contribution in [1.82, 2.24) is 0 Å². The second-order valence-electron chi connectivity index (χ2n) is 4.05. The summed E-state index contributed by atoms with van der Waals surface area (Å²) in [5.41, 5.74) is 2.39. The summed E-state index contributed by atoms with van der Waals surface area (Å²) >= 11 is 0. The number of rotatable bonds is 5. The van der Waals surface area contributed by atoms with Gasteiger partial charge in [0.2, 0.25) is 0 Å². The minimum atomic E-state index is 0.794. The molecule has 0 aliphatic rings. The number of nitrogens with zero attached hydrogens (tertiary/aromatic N) is 1. The average molecular weight is 239 g/mol. The van der Waals surface area contributed by atoms with Crippen molar-refractivity contribution in [2.75, 3.05) is 13.7 Å². The van der Waals surface area contributed by atoms with E-state index in [1.54, 1.807) is 7.11 Å². The molecule has 2 aromatic rings. The number of ether oxygens (including phenoxy) is 1. The van der Waals surface area contributed by atoms with Gasteiger partial charge in [-0.2, -0.15) is 0 Å². The van der Waals surface area contributed by atoms with Crippen LogP contribution in [-0.2, 0) is 6.42 Å². The molecule has 0 bridgehead atoms. The van der Waals surface area contributed by atoms with E-state index in [1.807, 2.05) is 36.5 Å². The number of hydrogen-bond donors (Lipinski definition) is 0. The van der Waals surface area contributed by atoms with E-state index in [9.17, 15) is 0 Å². The summed E-state index contributed by atoms with van der Waals surface area (Å²) in [5.74, 6) is 0.902. The molecule has 2 heteroatoms. The van der Waals surface area contributed by atoms with Gasteiger partial charge in [-0.3, -0.25) is 4.99 Å². The van der Waals surface area contributed by atoms with E-state index in [1.165, 1.54) is 5.56 Å². The monoisotopic (exact) mass is 239 g/mol. The molecule has 0 atom stereocenters. The fourth-order valence-electron chi connectivity index (χ4n) is 1.73. The van der Waals surface area contributed by atoms with Gasteiger partial charge in [-0.25, -0.2) is 0 Å². The maximum Gasteiger partial charge on any atom is 0.119 e. The van der Waals surface area contributed by atoms with Crippen molar-refractivity contribution in [1.29, 1.82) is 0 Å². The van der Waals surface area contributed by atoms with Gasteiger partial charge in [0.15, 0.2) is 0 Å². The van der Waals surface area contributed by atoms with Gasteiger partial charge in [0.25, 0.3) is 0 Å². The molecule has 2 nitrogen and oxygen atoms in total. The quantitative estimate of drug-likeness (QED) is 0.733. The van der Waals surface area contributed by atoms with Gasteiger partial charge in [-0.1, -0.05) is 42.5 Å². The fraction of sp³-hybridized carbons (Fsp3) is 0.188. The Morgan fingerprint density at radius 1 is 1.06 bits per heavy atom. The molecule has 0 fully saturated rings. The fourth-order valence-corrected chi connectivity index (χ4v) is 1.73. The lowest BCUT2D eigenvalue weighted by Gasteiger charge is -2.02. The molecular weight excluding hydrogens is 222 g/mol. The summed E-state index contributed by atoms with van der Waals surface area (Å²) < 4.78 is 5.19. The number of hydrogen-bond acceptors (Lipinski definition) is 2. The van der Waals surface area contributed by atoms with Crippen molar-refractivity contribution < 1.29 is 4.74 Å². The maximum atomic E-state index is 5.19. The third kappa shape index (κ3) is 3.74. The van der Waals surface area contributed by atoms with Crippen molar-refractivity contribution >= 4 is 6.21 Å². The molecule has 0 unspecified atom stereocenters. The lowest BCUT2D eigenvalue weighted by molar-refractivity contribution is 0.414. The minimum Gasteiger partial charge on any atom is -0.497 e. The summed E-state index contributed by atoms with van der Waals surface area (Å²) in [6, 6.07) is 18.3. The highest BCUT2D eigenvalue weighted by Gasteiger charge is 1.94. The molecule has 0 N–H and O–H groups in total. The number of benzene rings is 2. The van der Waals surface area contributed by atoms with Crippen molar-refractivity contribution in [3.8, 4) is 5.75 Å². The molecule has 0 saturated carbocycles. The van der Waals surface area contributed by atoms with E-state index >= 15 is 0 Å². The molecule has 0 aromatic heterocycles. The number of methoxy groups -OCH3 is 1. The van der Waals surface area contributed by atoms with Crippen LogP contribution in [0.15, 0.2) is 59.6 Å². The highest BCUT2D eigenvalue weighted by Crippen LogP contribution is 2.12. The highest BCUT2D eigenvalue weighted by molar-refractivity contribution is 5.79. The van der Waals surface area contributed by atoms with E-state index in [4.69, 9.17) is 4.74 Å². The molecule has 92 valence electrons. The van der Waals surface area contributed by atoms with Crippen LogP contribution < -0.4 is 4.74 Å². The van der Waals surface area contributed by atoms with Crippen molar-refractivity contribution in [3.63, 3.8) is 0 Å². The van der Waals surface area contributed by atoms with Crippen LogP contribution in [0.3, 0.4) is 0 Å². The van der Waals surface area contributed by atoms with Gasteiger partial charge in [0.05, 0.1) is 7.11 Å². The second-order valence-corrected chi connectivity index (χ2v) is 4.05. The van der Waals surface area contributed by atoms with E-state index < -0.39 is 0 Å². The third-order valence-electron chi connectivity index (χ3n) is 2.70. The standard InChI is InChI=1S/C16H17NO/c1-18-16-9-5-8-14(12-16)10-11-17-13-15-6-3-2-4-7-15/h2-9,12-13H,10-11H2,1H3. The Hall–Kier alpha value is -2.09. The van der Waals surface area contributed by atoms with Crippen molar-refractivity contribution in [3.05, 3.63) is 65.7 Å². The molecule has 0 heterocycles. The first-order chi connectivity index (χ1) is 8.88. The van der Waals surface area contributed by atoms with Crippen LogP contribution in [0.25, 0.3) is 0 Å². The van der Waals surface area contributed by atoms with Crippen LogP contribution in [0.1, 0.15) is 11.1 Å². The van der Waals surface area contributed by atoms with Crippen molar-refractivity contribution in [2.45, 2.75) is 6.42 Å². The highest BCUT2D eigenvalue weighted by atomic mass is 16.5. The molecule has 2 aromatic carbocycles. The van der Waals surface area contributed by atoms with Crippen LogP contribution in [0.2, 0.25) is 0 Å². The first kappa shape index (κ1) is 12.4. The zero-order valence-corrected chi connectivity index (χ0v) is 10.5. The first-order valence-electron chi connectivity index (χ1n) is 6.06. The third-order valence-corrected chi connectivity index (χ3v) is 2.70. The van der Waals surface area contributed by atoms with E-state index in [0.717, 1.165) is 24.3 Å². The Bertz CT molecular complexity index is 506. The summed E-state index contributed by atoms with van der Waals surface area (Å²) in [6.07, 6.45) is 2.85. The Morgan fingerprint density at radius 2 is 1.89 bits per heavy atom. The predicted octanol–water partition coefficient (Wildman–Crippen LogP) is 3.36. The second kappa shape index (κ2) is 6.60. The normalized spacial score (nSPS) is 10.7. The zero-order chi connectivity index (χ0) is 12.6. The average Bonchev–Trinajstić information content (AvgIpc) is 2.45. The maximum absolute atomic E-state index is 5.19. The topological polar surface area (TPSA) is 21.6 Å². The van der Waals surface area contributed by atoms with Gasteiger partial charge in [-0.15, -0.1) is 0 Å². The lowest BCUT2D eigenvalue weighted by atomic mass is 10.1. The zero-order valence-electron chi connectivity index (χ0n) is 10.5. The van der Waals surface area contributed by atoms with Gasteiger partial charge in [0, 0.05) is 12.8 Å². The van der Waals surface area contributed by atoms with Crippen LogP contribution in [-0.4, -0.2) is 19.9 Å². The van der Waals surface area contributed by atoms with Crippen LogP contribution in [0.4, 0.5) is 0 Å². The van der Waals surface area contributed by atoms with Gasteiger partial charge in [0.1, 0.15) is 5.75 Å². The van der Waals surface area contributed by atoms with E-state index in [0.29, 0.717) is 0 Å². The van der Waals surface area contributed by atoms with Crippen molar-refractivity contribution in [2.24, 2.45) is 4.99 Å². The Balaban J connectivity index is 1.86. The summed E-state index contributed by atoms with van der Waals surface area (Å²) in [7, 11) is 1.69. The van der Waals surface area contributed by atoms with E-state index in [2.05, 4.69) is 29.3 Å². The molecule has 0 spiro atoms. The van der Waals surface area contributed by atoms with Gasteiger partial charge in [-0.05, 0) is 29.7 Å². The Labute approximate surface area is 108 Å². The molecule has 0 radical (unpaired) electrons. The largest absolute Gasteiger partial charge is 0.497 e. The molecule has 0 aliphatic heterocycles. The first-order valence-corrected chi connectivity index (χ1v) is 6.06. The Morgan fingerprint density at radius 3 is 2.67 bits per heavy atom. The van der Waals surface area contributed by atoms with Crippen LogP contribution >= 0.6 is 0 Å². The Kier molecular flexibility index (Phi) is 4.53. The van der Waals surface area contributed by atoms with E-state index in [-0.39, 0.29) is 0 Å². The van der Waals surface area contributed by atoms with Gasteiger partial charge >= 0.3 is 0 Å². The lowest BCUT2D eigenvalue weighted by Crippen LogP contribution is -1.92. The molecule has 0 aliphatic carbocycles. The van der Waals surface area contributed by atoms with Crippen LogP contribution in [0.5, 0.6) is 5.75 Å². The molecule has 0 saturated heterocycles. The summed E-state index contributed by atoms with van der Waals surface area (Å²) in [5, 5.41) is 0. The SMILES string of the molecule is COc1cccc(CCN=Cc2ccccc2)c1. The smallest absolute Gasteiger partial charge is 0.119 e.